The summed E-state index contributed by atoms with van der Waals surface area (Å²) in [4.78, 5) is 16.6. The number of amides is 2. The SMILES string of the molecule is Cc1ccc(C)c(-c2coc(-c3ccc(NC(=O)NCc4ccco4)cc3)n2)c1. The normalized spacial score (nSPS) is 10.7. The highest BCUT2D eigenvalue weighted by Crippen LogP contribution is 2.28. The van der Waals surface area contributed by atoms with E-state index in [-0.39, 0.29) is 6.03 Å². The first-order chi connectivity index (χ1) is 14.1. The minimum atomic E-state index is -0.303. The fraction of sp³-hybridized carbons (Fsp3) is 0.130. The minimum Gasteiger partial charge on any atom is -0.467 e. The molecule has 2 N–H and O–H groups in total. The van der Waals surface area contributed by atoms with Crippen LogP contribution in [0.3, 0.4) is 0 Å². The van der Waals surface area contributed by atoms with E-state index in [2.05, 4.69) is 47.7 Å². The van der Waals surface area contributed by atoms with Crippen LogP contribution in [-0.2, 0) is 6.54 Å². The van der Waals surface area contributed by atoms with Crippen LogP contribution in [0.5, 0.6) is 0 Å². The summed E-state index contributed by atoms with van der Waals surface area (Å²) < 4.78 is 10.9. The number of carbonyl (C=O) groups excluding carboxylic acids is 1. The van der Waals surface area contributed by atoms with Gasteiger partial charge in [-0.2, -0.15) is 0 Å². The molecule has 0 fully saturated rings. The van der Waals surface area contributed by atoms with Gasteiger partial charge in [0.05, 0.1) is 12.8 Å². The van der Waals surface area contributed by atoms with E-state index in [1.54, 1.807) is 24.7 Å². The molecule has 0 aliphatic rings. The maximum atomic E-state index is 12.0. The van der Waals surface area contributed by atoms with E-state index >= 15 is 0 Å². The highest BCUT2D eigenvalue weighted by Gasteiger charge is 2.11. The molecule has 0 atom stereocenters. The van der Waals surface area contributed by atoms with Crippen molar-refractivity contribution in [2.45, 2.75) is 20.4 Å². The number of oxazole rings is 1. The van der Waals surface area contributed by atoms with E-state index < -0.39 is 0 Å². The standard InChI is InChI=1S/C23H21N3O3/c1-15-5-6-16(2)20(12-15)21-14-29-22(26-21)17-7-9-18(10-8-17)25-23(27)24-13-19-4-3-11-28-19/h3-12,14H,13H2,1-2H3,(H2,24,25,27). The molecule has 0 aliphatic carbocycles. The van der Waals surface area contributed by atoms with Crippen LogP contribution in [-0.4, -0.2) is 11.0 Å². The number of rotatable bonds is 5. The molecule has 6 heteroatoms. The van der Waals surface area contributed by atoms with Crippen molar-refractivity contribution in [3.63, 3.8) is 0 Å². The lowest BCUT2D eigenvalue weighted by Gasteiger charge is -2.07. The van der Waals surface area contributed by atoms with Crippen molar-refractivity contribution in [1.29, 1.82) is 0 Å². The number of aryl methyl sites for hydroxylation is 2. The zero-order chi connectivity index (χ0) is 20.2. The predicted molar refractivity (Wildman–Crippen MR) is 111 cm³/mol. The first-order valence-corrected chi connectivity index (χ1v) is 9.29. The number of benzene rings is 2. The number of nitrogens with zero attached hydrogens (tertiary/aromatic N) is 1. The molecule has 0 radical (unpaired) electrons. The van der Waals surface area contributed by atoms with Crippen molar-refractivity contribution < 1.29 is 13.6 Å². The van der Waals surface area contributed by atoms with E-state index in [9.17, 15) is 4.79 Å². The second-order valence-electron chi connectivity index (χ2n) is 6.82. The second kappa shape index (κ2) is 8.06. The molecular weight excluding hydrogens is 366 g/mol. The summed E-state index contributed by atoms with van der Waals surface area (Å²) in [7, 11) is 0. The summed E-state index contributed by atoms with van der Waals surface area (Å²) >= 11 is 0. The number of anilines is 1. The van der Waals surface area contributed by atoms with Gasteiger partial charge in [0.2, 0.25) is 5.89 Å². The molecule has 0 saturated carbocycles. The van der Waals surface area contributed by atoms with Gasteiger partial charge in [-0.1, -0.05) is 17.7 Å². The number of urea groups is 1. The lowest BCUT2D eigenvalue weighted by molar-refractivity contribution is 0.251. The Kier molecular flexibility index (Phi) is 5.16. The lowest BCUT2D eigenvalue weighted by atomic mass is 10.0. The molecule has 4 rings (SSSR count). The van der Waals surface area contributed by atoms with Gasteiger partial charge >= 0.3 is 6.03 Å². The molecule has 2 amide bonds. The van der Waals surface area contributed by atoms with Crippen LogP contribution >= 0.6 is 0 Å². The number of hydrogen-bond donors (Lipinski definition) is 2. The van der Waals surface area contributed by atoms with Crippen LogP contribution < -0.4 is 10.6 Å². The highest BCUT2D eigenvalue weighted by atomic mass is 16.3. The zero-order valence-electron chi connectivity index (χ0n) is 16.2. The van der Waals surface area contributed by atoms with Gasteiger partial charge in [0, 0.05) is 16.8 Å². The number of nitrogens with one attached hydrogen (secondary N) is 2. The average Bonchev–Trinajstić information content (AvgIpc) is 3.41. The minimum absolute atomic E-state index is 0.303. The molecule has 0 saturated heterocycles. The number of hydrogen-bond acceptors (Lipinski definition) is 4. The summed E-state index contributed by atoms with van der Waals surface area (Å²) in [6, 6.07) is 16.9. The van der Waals surface area contributed by atoms with Crippen LogP contribution in [0.1, 0.15) is 16.9 Å². The summed E-state index contributed by atoms with van der Waals surface area (Å²) in [6.07, 6.45) is 3.24. The molecular formula is C23H21N3O3. The van der Waals surface area contributed by atoms with Gasteiger partial charge in [-0.15, -0.1) is 0 Å². The van der Waals surface area contributed by atoms with Crippen LogP contribution in [0.15, 0.2) is 76.0 Å². The molecule has 146 valence electrons. The van der Waals surface area contributed by atoms with Crippen molar-refractivity contribution in [2.24, 2.45) is 0 Å². The molecule has 0 aliphatic heterocycles. The average molecular weight is 387 g/mol. The molecule has 0 bridgehead atoms. The van der Waals surface area contributed by atoms with Gasteiger partial charge < -0.3 is 19.5 Å². The highest BCUT2D eigenvalue weighted by molar-refractivity contribution is 5.89. The maximum Gasteiger partial charge on any atom is 0.319 e. The van der Waals surface area contributed by atoms with Gasteiger partial charge in [0.1, 0.15) is 17.7 Å². The molecule has 0 unspecified atom stereocenters. The topological polar surface area (TPSA) is 80.3 Å². The molecule has 2 aromatic carbocycles. The Bertz CT molecular complexity index is 1110. The van der Waals surface area contributed by atoms with Crippen LogP contribution in [0.2, 0.25) is 0 Å². The monoisotopic (exact) mass is 387 g/mol. The second-order valence-corrected chi connectivity index (χ2v) is 6.82. The molecule has 29 heavy (non-hydrogen) atoms. The van der Waals surface area contributed by atoms with Gasteiger partial charge in [-0.25, -0.2) is 9.78 Å². The smallest absolute Gasteiger partial charge is 0.319 e. The van der Waals surface area contributed by atoms with Gasteiger partial charge in [0.25, 0.3) is 0 Å². The van der Waals surface area contributed by atoms with Crippen LogP contribution in [0.25, 0.3) is 22.7 Å². The number of aromatic nitrogens is 1. The van der Waals surface area contributed by atoms with E-state index in [0.717, 1.165) is 22.4 Å². The largest absolute Gasteiger partial charge is 0.467 e. The molecule has 0 spiro atoms. The fourth-order valence-electron chi connectivity index (χ4n) is 2.99. The third-order valence-electron chi connectivity index (χ3n) is 4.57. The predicted octanol–water partition coefficient (Wildman–Crippen LogP) is 5.54. The van der Waals surface area contributed by atoms with E-state index in [1.165, 1.54) is 5.56 Å². The van der Waals surface area contributed by atoms with Crippen molar-refractivity contribution >= 4 is 11.7 Å². The Labute approximate surface area is 168 Å². The molecule has 6 nitrogen and oxygen atoms in total. The Morgan fingerprint density at radius 1 is 1.03 bits per heavy atom. The number of carbonyl (C=O) groups is 1. The molecule has 4 aromatic rings. The van der Waals surface area contributed by atoms with Crippen molar-refractivity contribution in [2.75, 3.05) is 5.32 Å². The Hall–Kier alpha value is -3.80. The quantitative estimate of drug-likeness (QED) is 0.471. The van der Waals surface area contributed by atoms with Crippen LogP contribution in [0, 0.1) is 13.8 Å². The van der Waals surface area contributed by atoms with Crippen molar-refractivity contribution in [3.8, 4) is 22.7 Å². The number of furan rings is 1. The van der Waals surface area contributed by atoms with Crippen molar-refractivity contribution in [3.05, 3.63) is 84.0 Å². The first-order valence-electron chi connectivity index (χ1n) is 9.29. The van der Waals surface area contributed by atoms with Crippen molar-refractivity contribution in [1.82, 2.24) is 10.3 Å². The summed E-state index contributed by atoms with van der Waals surface area (Å²) in [5.41, 5.74) is 5.70. The molecule has 2 heterocycles. The zero-order valence-corrected chi connectivity index (χ0v) is 16.2. The third-order valence-corrected chi connectivity index (χ3v) is 4.57. The van der Waals surface area contributed by atoms with E-state index in [0.29, 0.717) is 23.9 Å². The Balaban J connectivity index is 1.42. The summed E-state index contributed by atoms with van der Waals surface area (Å²) in [5, 5.41) is 5.52. The Morgan fingerprint density at radius 3 is 2.62 bits per heavy atom. The van der Waals surface area contributed by atoms with E-state index in [4.69, 9.17) is 8.83 Å². The first kappa shape index (κ1) is 18.6. The molecule has 2 aromatic heterocycles. The Morgan fingerprint density at radius 2 is 1.86 bits per heavy atom. The third kappa shape index (κ3) is 4.38. The lowest BCUT2D eigenvalue weighted by Crippen LogP contribution is -2.27. The van der Waals surface area contributed by atoms with Gasteiger partial charge in [-0.3, -0.25) is 0 Å². The van der Waals surface area contributed by atoms with E-state index in [1.807, 2.05) is 24.3 Å². The van der Waals surface area contributed by atoms with Gasteiger partial charge in [-0.05, 0) is 61.9 Å². The summed E-state index contributed by atoms with van der Waals surface area (Å²) in [6.45, 7) is 4.44. The van der Waals surface area contributed by atoms with Crippen LogP contribution in [0.4, 0.5) is 10.5 Å². The maximum absolute atomic E-state index is 12.0. The van der Waals surface area contributed by atoms with Gasteiger partial charge in [0.15, 0.2) is 0 Å². The summed E-state index contributed by atoms with van der Waals surface area (Å²) in [5.74, 6) is 1.23. The fourth-order valence-corrected chi connectivity index (χ4v) is 2.99.